The summed E-state index contributed by atoms with van der Waals surface area (Å²) in [6.07, 6.45) is 2.37. The summed E-state index contributed by atoms with van der Waals surface area (Å²) < 4.78 is 0. The molecule has 2 aromatic carbocycles. The summed E-state index contributed by atoms with van der Waals surface area (Å²) in [6.45, 7) is 4.08. The lowest BCUT2D eigenvalue weighted by atomic mass is 10.1. The zero-order chi connectivity index (χ0) is 14.4. The van der Waals surface area contributed by atoms with Crippen LogP contribution < -0.4 is 0 Å². The van der Waals surface area contributed by atoms with Crippen molar-refractivity contribution in [2.45, 2.75) is 31.3 Å². The number of benzene rings is 2. The van der Waals surface area contributed by atoms with E-state index >= 15 is 0 Å². The number of aryl methyl sites for hydroxylation is 1. The van der Waals surface area contributed by atoms with E-state index in [1.54, 1.807) is 11.8 Å². The highest BCUT2D eigenvalue weighted by Crippen LogP contribution is 2.31. The molecular weight excluding hydrogens is 264 g/mol. The number of aliphatic hydroxyl groups excluding tert-OH is 1. The van der Waals surface area contributed by atoms with Gasteiger partial charge in [0.05, 0.1) is 6.10 Å². The van der Waals surface area contributed by atoms with Gasteiger partial charge in [-0.05, 0) is 37.1 Å². The number of hydrogen-bond donors (Lipinski definition) is 1. The molecule has 0 saturated heterocycles. The molecule has 1 N–H and O–H groups in total. The van der Waals surface area contributed by atoms with Crippen molar-refractivity contribution in [3.05, 3.63) is 70.6 Å². The first kappa shape index (κ1) is 14.9. The van der Waals surface area contributed by atoms with E-state index in [0.29, 0.717) is 0 Å². The Morgan fingerprint density at radius 2 is 1.75 bits per heavy atom. The maximum absolute atomic E-state index is 10.2. The van der Waals surface area contributed by atoms with Crippen LogP contribution in [0.15, 0.2) is 64.4 Å². The van der Waals surface area contributed by atoms with Crippen LogP contribution >= 0.6 is 11.8 Å². The molecular formula is C18H20OS. The average Bonchev–Trinajstić information content (AvgIpc) is 2.49. The Balaban J connectivity index is 2.24. The summed E-state index contributed by atoms with van der Waals surface area (Å²) in [6, 6.07) is 18.5. The third kappa shape index (κ3) is 4.26. The van der Waals surface area contributed by atoms with Gasteiger partial charge in [0.25, 0.3) is 0 Å². The van der Waals surface area contributed by atoms with Crippen LogP contribution in [0.1, 0.15) is 24.5 Å². The average molecular weight is 284 g/mol. The molecule has 0 aliphatic heterocycles. The van der Waals surface area contributed by atoms with E-state index in [0.717, 1.165) is 21.8 Å². The quantitative estimate of drug-likeness (QED) is 0.788. The van der Waals surface area contributed by atoms with Gasteiger partial charge in [-0.15, -0.1) is 0 Å². The van der Waals surface area contributed by atoms with Crippen LogP contribution in [0.4, 0.5) is 0 Å². The van der Waals surface area contributed by atoms with Gasteiger partial charge in [0.2, 0.25) is 0 Å². The summed E-state index contributed by atoms with van der Waals surface area (Å²) in [4.78, 5) is 2.15. The Bertz CT molecular complexity index is 558. The van der Waals surface area contributed by atoms with Crippen LogP contribution in [0, 0.1) is 6.92 Å². The first-order valence-electron chi connectivity index (χ1n) is 6.88. The van der Waals surface area contributed by atoms with E-state index < -0.39 is 6.10 Å². The first-order chi connectivity index (χ1) is 9.69. The van der Waals surface area contributed by atoms with Crippen LogP contribution in [-0.2, 0) is 0 Å². The summed E-state index contributed by atoms with van der Waals surface area (Å²) in [5.41, 5.74) is 2.37. The molecule has 2 aromatic rings. The molecule has 1 nitrogen and oxygen atoms in total. The van der Waals surface area contributed by atoms with Crippen LogP contribution in [-0.4, -0.2) is 11.2 Å². The van der Waals surface area contributed by atoms with Crippen LogP contribution in [0.3, 0.4) is 0 Å². The van der Waals surface area contributed by atoms with Gasteiger partial charge in [-0.1, -0.05) is 66.7 Å². The van der Waals surface area contributed by atoms with Crippen LogP contribution in [0.2, 0.25) is 0 Å². The molecule has 0 fully saturated rings. The number of rotatable bonds is 5. The van der Waals surface area contributed by atoms with E-state index in [2.05, 4.69) is 49.4 Å². The Kier molecular flexibility index (Phi) is 5.45. The SMILES string of the molecule is CCC(O)/C(=C/c1ccccc1)Sc1ccc(C)cc1. The molecule has 0 saturated carbocycles. The molecule has 0 bridgehead atoms. The highest BCUT2D eigenvalue weighted by atomic mass is 32.2. The molecule has 0 aromatic heterocycles. The molecule has 0 aliphatic carbocycles. The predicted molar refractivity (Wildman–Crippen MR) is 87.8 cm³/mol. The molecule has 0 spiro atoms. The topological polar surface area (TPSA) is 20.2 Å². The van der Waals surface area contributed by atoms with Crippen molar-refractivity contribution in [2.75, 3.05) is 0 Å². The third-order valence-corrected chi connectivity index (χ3v) is 4.21. The molecule has 0 radical (unpaired) electrons. The lowest BCUT2D eigenvalue weighted by molar-refractivity contribution is 0.216. The second-order valence-electron chi connectivity index (χ2n) is 4.80. The van der Waals surface area contributed by atoms with Crippen molar-refractivity contribution >= 4 is 17.8 Å². The van der Waals surface area contributed by atoms with Crippen molar-refractivity contribution in [2.24, 2.45) is 0 Å². The molecule has 104 valence electrons. The largest absolute Gasteiger partial charge is 0.388 e. The minimum absolute atomic E-state index is 0.415. The smallest absolute Gasteiger partial charge is 0.0849 e. The molecule has 0 amide bonds. The molecule has 1 unspecified atom stereocenters. The fourth-order valence-corrected chi connectivity index (χ4v) is 2.89. The maximum Gasteiger partial charge on any atom is 0.0849 e. The van der Waals surface area contributed by atoms with Gasteiger partial charge < -0.3 is 5.11 Å². The normalized spacial score (nSPS) is 13.2. The first-order valence-corrected chi connectivity index (χ1v) is 7.70. The Morgan fingerprint density at radius 3 is 2.35 bits per heavy atom. The van der Waals surface area contributed by atoms with Crippen molar-refractivity contribution < 1.29 is 5.11 Å². The zero-order valence-electron chi connectivity index (χ0n) is 11.9. The number of hydrogen-bond acceptors (Lipinski definition) is 2. The third-order valence-electron chi connectivity index (χ3n) is 3.08. The molecule has 2 heteroatoms. The molecule has 1 atom stereocenters. The lowest BCUT2D eigenvalue weighted by Crippen LogP contribution is -2.05. The van der Waals surface area contributed by atoms with Gasteiger partial charge >= 0.3 is 0 Å². The Morgan fingerprint density at radius 1 is 1.10 bits per heavy atom. The fourth-order valence-electron chi connectivity index (χ4n) is 1.85. The van der Waals surface area contributed by atoms with Gasteiger partial charge in [-0.3, -0.25) is 0 Å². The van der Waals surface area contributed by atoms with E-state index in [1.165, 1.54) is 5.56 Å². The second-order valence-corrected chi connectivity index (χ2v) is 5.94. The van der Waals surface area contributed by atoms with E-state index in [9.17, 15) is 5.11 Å². The van der Waals surface area contributed by atoms with Crippen LogP contribution in [0.5, 0.6) is 0 Å². The van der Waals surface area contributed by atoms with E-state index in [-0.39, 0.29) is 0 Å². The summed E-state index contributed by atoms with van der Waals surface area (Å²) in [5, 5.41) is 10.2. The molecule has 0 heterocycles. The highest BCUT2D eigenvalue weighted by molar-refractivity contribution is 8.03. The summed E-state index contributed by atoms with van der Waals surface area (Å²) in [5.74, 6) is 0. The minimum Gasteiger partial charge on any atom is -0.388 e. The predicted octanol–water partition coefficient (Wildman–Crippen LogP) is 4.90. The van der Waals surface area contributed by atoms with Crippen molar-refractivity contribution in [1.29, 1.82) is 0 Å². The Labute approximate surface area is 125 Å². The highest BCUT2D eigenvalue weighted by Gasteiger charge is 2.10. The zero-order valence-corrected chi connectivity index (χ0v) is 12.7. The molecule has 2 rings (SSSR count). The maximum atomic E-state index is 10.2. The summed E-state index contributed by atoms with van der Waals surface area (Å²) in [7, 11) is 0. The number of aliphatic hydroxyl groups is 1. The summed E-state index contributed by atoms with van der Waals surface area (Å²) >= 11 is 1.64. The van der Waals surface area contributed by atoms with Crippen molar-refractivity contribution in [3.8, 4) is 0 Å². The van der Waals surface area contributed by atoms with Gasteiger partial charge in [0.15, 0.2) is 0 Å². The Hall–Kier alpha value is -1.51. The van der Waals surface area contributed by atoms with Gasteiger partial charge in [0.1, 0.15) is 0 Å². The second kappa shape index (κ2) is 7.32. The van der Waals surface area contributed by atoms with E-state index in [1.807, 2.05) is 25.1 Å². The lowest BCUT2D eigenvalue weighted by Gasteiger charge is -2.13. The fraction of sp³-hybridized carbons (Fsp3) is 0.222. The van der Waals surface area contributed by atoms with Gasteiger partial charge in [0, 0.05) is 9.80 Å². The van der Waals surface area contributed by atoms with Gasteiger partial charge in [-0.25, -0.2) is 0 Å². The number of thioether (sulfide) groups is 1. The molecule has 0 aliphatic rings. The van der Waals surface area contributed by atoms with Crippen molar-refractivity contribution in [1.82, 2.24) is 0 Å². The van der Waals surface area contributed by atoms with Crippen molar-refractivity contribution in [3.63, 3.8) is 0 Å². The standard InChI is InChI=1S/C18H20OS/c1-3-17(19)18(13-15-7-5-4-6-8-15)20-16-11-9-14(2)10-12-16/h4-13,17,19H,3H2,1-2H3/b18-13-. The van der Waals surface area contributed by atoms with E-state index in [4.69, 9.17) is 0 Å². The molecule has 20 heavy (non-hydrogen) atoms. The monoisotopic (exact) mass is 284 g/mol. The van der Waals surface area contributed by atoms with Crippen LogP contribution in [0.25, 0.3) is 6.08 Å². The van der Waals surface area contributed by atoms with Gasteiger partial charge in [-0.2, -0.15) is 0 Å². The minimum atomic E-state index is -0.415.